The molecule has 0 bridgehead atoms. The smallest absolute Gasteiger partial charge is 0.309 e. The van der Waals surface area contributed by atoms with Gasteiger partial charge in [-0.15, -0.1) is 0 Å². The summed E-state index contributed by atoms with van der Waals surface area (Å²) in [6.45, 7) is 4.32. The first kappa shape index (κ1) is 23.7. The maximum atomic E-state index is 12.5. The zero-order valence-electron chi connectivity index (χ0n) is 20.1. The van der Waals surface area contributed by atoms with Gasteiger partial charge < -0.3 is 14.7 Å². The number of aliphatic carboxylic acids is 1. The molecule has 0 spiro atoms. The Balaban J connectivity index is 1.51. The maximum absolute atomic E-state index is 12.5. The van der Waals surface area contributed by atoms with Crippen LogP contribution < -0.4 is 4.74 Å². The van der Waals surface area contributed by atoms with Gasteiger partial charge in [0, 0.05) is 24.4 Å². The van der Waals surface area contributed by atoms with E-state index in [2.05, 4.69) is 41.1 Å². The number of piperidine rings is 1. The standard InChI is InChI=1S/C28H38N2O3/c1-21(30-17-12-22(13-18-30)24-10-4-5-11-26(24)33-2)25(23-9-8-16-29-20-23)19-28(27(31)32)14-6-3-7-15-28/h4-5,8-11,16,20-22,25H,3,6-7,12-15,17-19H2,1-2H3,(H,31,32)/t21?,25-/m0/s1. The van der Waals surface area contributed by atoms with Gasteiger partial charge in [-0.25, -0.2) is 0 Å². The van der Waals surface area contributed by atoms with Gasteiger partial charge in [0.1, 0.15) is 5.75 Å². The molecule has 1 aromatic heterocycles. The third kappa shape index (κ3) is 5.24. The number of carboxylic acid groups (broad SMARTS) is 1. The number of carboxylic acids is 1. The molecule has 178 valence electrons. The topological polar surface area (TPSA) is 62.7 Å². The first-order valence-corrected chi connectivity index (χ1v) is 12.5. The van der Waals surface area contributed by atoms with E-state index in [1.807, 2.05) is 18.3 Å². The summed E-state index contributed by atoms with van der Waals surface area (Å²) in [6.07, 6.45) is 11.4. The summed E-state index contributed by atoms with van der Waals surface area (Å²) in [5, 5.41) is 10.2. The van der Waals surface area contributed by atoms with Crippen molar-refractivity contribution in [3.05, 3.63) is 59.9 Å². The van der Waals surface area contributed by atoms with E-state index in [4.69, 9.17) is 4.74 Å². The van der Waals surface area contributed by atoms with Gasteiger partial charge in [-0.05, 0) is 81.3 Å². The van der Waals surface area contributed by atoms with Gasteiger partial charge >= 0.3 is 5.97 Å². The predicted molar refractivity (Wildman–Crippen MR) is 131 cm³/mol. The Morgan fingerprint density at radius 3 is 2.52 bits per heavy atom. The zero-order chi connectivity index (χ0) is 23.3. The molecular formula is C28H38N2O3. The minimum atomic E-state index is -0.613. The second-order valence-electron chi connectivity index (χ2n) is 10.0. The number of hydrogen-bond donors (Lipinski definition) is 1. The first-order chi connectivity index (χ1) is 16.0. The first-order valence-electron chi connectivity index (χ1n) is 12.5. The van der Waals surface area contributed by atoms with Crippen molar-refractivity contribution >= 4 is 5.97 Å². The normalized spacial score (nSPS) is 21.3. The van der Waals surface area contributed by atoms with E-state index in [0.717, 1.165) is 63.8 Å². The van der Waals surface area contributed by atoms with Crippen LogP contribution in [0.1, 0.15) is 81.3 Å². The van der Waals surface area contributed by atoms with Crippen LogP contribution in [-0.2, 0) is 4.79 Å². The summed E-state index contributed by atoms with van der Waals surface area (Å²) in [5.41, 5.74) is 1.87. The van der Waals surface area contributed by atoms with E-state index < -0.39 is 11.4 Å². The number of pyridine rings is 1. The van der Waals surface area contributed by atoms with Crippen LogP contribution in [0.4, 0.5) is 0 Å². The lowest BCUT2D eigenvalue weighted by atomic mass is 9.66. The molecular weight excluding hydrogens is 412 g/mol. The summed E-state index contributed by atoms with van der Waals surface area (Å²) in [6, 6.07) is 12.8. The number of methoxy groups -OCH3 is 1. The van der Waals surface area contributed by atoms with E-state index in [1.165, 1.54) is 11.1 Å². The molecule has 2 aromatic rings. The fourth-order valence-corrected chi connectivity index (χ4v) is 6.19. The van der Waals surface area contributed by atoms with Crippen LogP contribution in [0.5, 0.6) is 5.75 Å². The van der Waals surface area contributed by atoms with Crippen LogP contribution in [0.25, 0.3) is 0 Å². The van der Waals surface area contributed by atoms with Crippen molar-refractivity contribution in [2.75, 3.05) is 20.2 Å². The Hall–Kier alpha value is -2.40. The largest absolute Gasteiger partial charge is 0.496 e. The van der Waals surface area contributed by atoms with Crippen LogP contribution in [-0.4, -0.2) is 47.2 Å². The van der Waals surface area contributed by atoms with E-state index in [1.54, 1.807) is 13.3 Å². The van der Waals surface area contributed by atoms with E-state index in [-0.39, 0.29) is 12.0 Å². The van der Waals surface area contributed by atoms with Crippen molar-refractivity contribution in [2.24, 2.45) is 5.41 Å². The minimum absolute atomic E-state index is 0.163. The monoisotopic (exact) mass is 450 g/mol. The van der Waals surface area contributed by atoms with Crippen LogP contribution in [0.2, 0.25) is 0 Å². The number of hydrogen-bond acceptors (Lipinski definition) is 4. The number of para-hydroxylation sites is 1. The summed E-state index contributed by atoms with van der Waals surface area (Å²) >= 11 is 0. The number of benzene rings is 1. The molecule has 1 saturated carbocycles. The lowest BCUT2D eigenvalue weighted by Crippen LogP contribution is -2.45. The fraction of sp³-hybridized carbons (Fsp3) is 0.571. The van der Waals surface area contributed by atoms with Crippen molar-refractivity contribution in [3.63, 3.8) is 0 Å². The molecule has 0 radical (unpaired) electrons. The predicted octanol–water partition coefficient (Wildman–Crippen LogP) is 5.87. The average molecular weight is 451 g/mol. The molecule has 1 aliphatic heterocycles. The molecule has 4 rings (SSSR count). The Bertz CT molecular complexity index is 902. The van der Waals surface area contributed by atoms with Gasteiger partial charge in [-0.3, -0.25) is 9.78 Å². The second kappa shape index (κ2) is 10.7. The molecule has 2 atom stereocenters. The Morgan fingerprint density at radius 1 is 1.15 bits per heavy atom. The highest BCUT2D eigenvalue weighted by molar-refractivity contribution is 5.75. The van der Waals surface area contributed by atoms with Crippen LogP contribution >= 0.6 is 0 Å². The lowest BCUT2D eigenvalue weighted by molar-refractivity contribution is -0.152. The van der Waals surface area contributed by atoms with E-state index in [0.29, 0.717) is 12.3 Å². The highest BCUT2D eigenvalue weighted by Crippen LogP contribution is 2.46. The van der Waals surface area contributed by atoms with Gasteiger partial charge in [0.05, 0.1) is 12.5 Å². The molecule has 1 aliphatic carbocycles. The number of aromatic nitrogens is 1. The Labute approximate surface area is 198 Å². The maximum Gasteiger partial charge on any atom is 0.309 e. The molecule has 1 saturated heterocycles. The summed E-state index contributed by atoms with van der Waals surface area (Å²) in [5.74, 6) is 1.04. The number of nitrogens with zero attached hydrogens (tertiary/aromatic N) is 2. The third-order valence-corrected chi connectivity index (χ3v) is 8.25. The van der Waals surface area contributed by atoms with Gasteiger partial charge in [0.25, 0.3) is 0 Å². The second-order valence-corrected chi connectivity index (χ2v) is 10.0. The highest BCUT2D eigenvalue weighted by atomic mass is 16.5. The highest BCUT2D eigenvalue weighted by Gasteiger charge is 2.43. The lowest BCUT2D eigenvalue weighted by Gasteiger charge is -2.43. The van der Waals surface area contributed by atoms with Crippen molar-refractivity contribution in [2.45, 2.75) is 76.2 Å². The van der Waals surface area contributed by atoms with Crippen molar-refractivity contribution in [3.8, 4) is 5.75 Å². The fourth-order valence-electron chi connectivity index (χ4n) is 6.19. The molecule has 0 amide bonds. The van der Waals surface area contributed by atoms with Crippen LogP contribution in [0, 0.1) is 5.41 Å². The average Bonchev–Trinajstić information content (AvgIpc) is 2.88. The number of ether oxygens (including phenoxy) is 1. The minimum Gasteiger partial charge on any atom is -0.496 e. The van der Waals surface area contributed by atoms with Gasteiger partial charge in [-0.2, -0.15) is 0 Å². The van der Waals surface area contributed by atoms with Crippen molar-refractivity contribution in [1.82, 2.24) is 9.88 Å². The van der Waals surface area contributed by atoms with E-state index in [9.17, 15) is 9.90 Å². The zero-order valence-corrected chi connectivity index (χ0v) is 20.1. The molecule has 5 heteroatoms. The van der Waals surface area contributed by atoms with Crippen LogP contribution in [0.3, 0.4) is 0 Å². The van der Waals surface area contributed by atoms with Crippen LogP contribution in [0.15, 0.2) is 48.8 Å². The summed E-state index contributed by atoms with van der Waals surface area (Å²) in [7, 11) is 1.75. The molecule has 2 aliphatic rings. The summed E-state index contributed by atoms with van der Waals surface area (Å²) in [4.78, 5) is 19.4. The molecule has 5 nitrogen and oxygen atoms in total. The molecule has 33 heavy (non-hydrogen) atoms. The van der Waals surface area contributed by atoms with Crippen molar-refractivity contribution < 1.29 is 14.6 Å². The van der Waals surface area contributed by atoms with Crippen molar-refractivity contribution in [1.29, 1.82) is 0 Å². The SMILES string of the molecule is COc1ccccc1C1CCN(C(C)[C@H](CC2(C(=O)O)CCCCC2)c2cccnc2)CC1. The molecule has 1 N–H and O–H groups in total. The van der Waals surface area contributed by atoms with Gasteiger partial charge in [-0.1, -0.05) is 43.5 Å². The molecule has 2 fully saturated rings. The Morgan fingerprint density at radius 2 is 1.88 bits per heavy atom. The number of likely N-dealkylation sites (tertiary alicyclic amines) is 1. The summed E-state index contributed by atoms with van der Waals surface area (Å²) < 4.78 is 5.61. The third-order valence-electron chi connectivity index (χ3n) is 8.25. The number of rotatable bonds is 8. The molecule has 1 aromatic carbocycles. The van der Waals surface area contributed by atoms with Gasteiger partial charge in [0.15, 0.2) is 0 Å². The molecule has 2 heterocycles. The quantitative estimate of drug-likeness (QED) is 0.545. The number of carbonyl (C=O) groups is 1. The van der Waals surface area contributed by atoms with Gasteiger partial charge in [0.2, 0.25) is 0 Å². The Kier molecular flexibility index (Phi) is 7.69. The van der Waals surface area contributed by atoms with E-state index >= 15 is 0 Å². The molecule has 1 unspecified atom stereocenters.